The second kappa shape index (κ2) is 8.46. The van der Waals surface area contributed by atoms with Crippen molar-refractivity contribution in [3.8, 4) is 0 Å². The predicted octanol–water partition coefficient (Wildman–Crippen LogP) is -0.0141. The number of carbonyl (C=O) groups is 3. The Morgan fingerprint density at radius 1 is 1.29 bits per heavy atom. The van der Waals surface area contributed by atoms with Crippen molar-refractivity contribution in [2.75, 3.05) is 40.4 Å². The number of rotatable bonds is 8. The first-order valence-corrected chi connectivity index (χ1v) is 6.70. The highest BCUT2D eigenvalue weighted by molar-refractivity contribution is 5.88. The summed E-state index contributed by atoms with van der Waals surface area (Å²) in [7, 11) is 2.98. The average Bonchev–Trinajstić information content (AvgIpc) is 2.39. The van der Waals surface area contributed by atoms with Crippen LogP contribution in [0.1, 0.15) is 20.8 Å². The number of methoxy groups -OCH3 is 1. The predicted molar refractivity (Wildman–Crippen MR) is 77.0 cm³/mol. The van der Waals surface area contributed by atoms with E-state index in [4.69, 9.17) is 4.74 Å². The van der Waals surface area contributed by atoms with E-state index in [1.807, 2.05) is 0 Å². The number of hydrogen-bond donors (Lipinski definition) is 2. The molecule has 0 aliphatic heterocycles. The zero-order chi connectivity index (χ0) is 16.6. The molecule has 0 aromatic carbocycles. The van der Waals surface area contributed by atoms with Gasteiger partial charge in [-0.1, -0.05) is 0 Å². The lowest BCUT2D eigenvalue weighted by Gasteiger charge is -2.36. The first-order chi connectivity index (χ1) is 9.68. The molecule has 0 unspecified atom stereocenters. The summed E-state index contributed by atoms with van der Waals surface area (Å²) in [6, 6.07) is -0.508. The highest BCUT2D eigenvalue weighted by atomic mass is 16.5. The molecule has 0 fully saturated rings. The molecular formula is C13H25N3O5. The Kier molecular flexibility index (Phi) is 7.72. The third-order valence-electron chi connectivity index (χ3n) is 3.08. The van der Waals surface area contributed by atoms with Gasteiger partial charge in [0.1, 0.15) is 12.1 Å². The summed E-state index contributed by atoms with van der Waals surface area (Å²) in [5, 5.41) is 11.8. The summed E-state index contributed by atoms with van der Waals surface area (Å²) >= 11 is 0. The number of aliphatic carboxylic acids is 1. The maximum Gasteiger partial charge on any atom is 0.329 e. The Bertz CT molecular complexity index is 384. The molecule has 8 heteroatoms. The maximum absolute atomic E-state index is 12.3. The summed E-state index contributed by atoms with van der Waals surface area (Å²) in [5.74, 6) is -1.43. The number of nitrogens with one attached hydrogen (secondary N) is 1. The third kappa shape index (κ3) is 5.58. The summed E-state index contributed by atoms with van der Waals surface area (Å²) < 4.78 is 4.80. The van der Waals surface area contributed by atoms with E-state index in [-0.39, 0.29) is 19.0 Å². The van der Waals surface area contributed by atoms with Gasteiger partial charge >= 0.3 is 12.0 Å². The fourth-order valence-corrected chi connectivity index (χ4v) is 1.72. The van der Waals surface area contributed by atoms with Crippen molar-refractivity contribution < 1.29 is 24.2 Å². The van der Waals surface area contributed by atoms with Gasteiger partial charge in [-0.2, -0.15) is 0 Å². The van der Waals surface area contributed by atoms with Crippen LogP contribution in [0, 0.1) is 0 Å². The monoisotopic (exact) mass is 303 g/mol. The first kappa shape index (κ1) is 19.2. The Balaban J connectivity index is 4.67. The lowest BCUT2D eigenvalue weighted by Crippen LogP contribution is -2.57. The molecule has 0 heterocycles. The zero-order valence-corrected chi connectivity index (χ0v) is 13.3. The van der Waals surface area contributed by atoms with Crippen LogP contribution < -0.4 is 5.32 Å². The molecule has 0 spiro atoms. The highest BCUT2D eigenvalue weighted by Crippen LogP contribution is 2.16. The Hall–Kier alpha value is -1.83. The van der Waals surface area contributed by atoms with E-state index in [1.165, 1.54) is 37.8 Å². The minimum absolute atomic E-state index is 0.144. The number of nitrogens with zero attached hydrogens (tertiary/aromatic N) is 2. The van der Waals surface area contributed by atoms with Crippen LogP contribution in [0.2, 0.25) is 0 Å². The van der Waals surface area contributed by atoms with Gasteiger partial charge in [-0.3, -0.25) is 4.79 Å². The minimum Gasteiger partial charge on any atom is -0.480 e. The summed E-state index contributed by atoms with van der Waals surface area (Å²) in [6.45, 7) is 5.41. The van der Waals surface area contributed by atoms with Crippen molar-refractivity contribution in [1.29, 1.82) is 0 Å². The van der Waals surface area contributed by atoms with Gasteiger partial charge in [-0.25, -0.2) is 9.59 Å². The van der Waals surface area contributed by atoms with Crippen LogP contribution in [0.4, 0.5) is 4.79 Å². The molecule has 0 radical (unpaired) electrons. The zero-order valence-electron chi connectivity index (χ0n) is 13.3. The van der Waals surface area contributed by atoms with Gasteiger partial charge in [0.2, 0.25) is 5.91 Å². The van der Waals surface area contributed by atoms with Crippen LogP contribution >= 0.6 is 0 Å². The molecule has 0 aromatic heterocycles. The van der Waals surface area contributed by atoms with Gasteiger partial charge in [0.15, 0.2) is 0 Å². The number of carbonyl (C=O) groups excluding carboxylic acids is 2. The number of carboxylic acid groups (broad SMARTS) is 1. The van der Waals surface area contributed by atoms with E-state index >= 15 is 0 Å². The molecule has 8 nitrogen and oxygen atoms in total. The number of likely N-dealkylation sites (N-methyl/N-ethyl adjacent to an activating group) is 2. The summed E-state index contributed by atoms with van der Waals surface area (Å²) in [6.07, 6.45) is 0. The van der Waals surface area contributed by atoms with E-state index < -0.39 is 17.5 Å². The number of amides is 3. The first-order valence-electron chi connectivity index (χ1n) is 6.70. The van der Waals surface area contributed by atoms with E-state index in [1.54, 1.807) is 6.92 Å². The molecule has 3 amide bonds. The molecule has 0 rings (SSSR count). The van der Waals surface area contributed by atoms with Crippen molar-refractivity contribution in [1.82, 2.24) is 15.1 Å². The molecule has 0 saturated heterocycles. The number of ether oxygens (including phenoxy) is 1. The SMILES string of the molecule is CCN(C(=O)N(C)CC(=O)NCCOC)C(C)(C)C(=O)O. The average molecular weight is 303 g/mol. The molecule has 0 bridgehead atoms. The summed E-state index contributed by atoms with van der Waals surface area (Å²) in [4.78, 5) is 37.5. The third-order valence-corrected chi connectivity index (χ3v) is 3.08. The van der Waals surface area contributed by atoms with Crippen LogP contribution in [-0.4, -0.2) is 78.8 Å². The molecule has 0 aliphatic carbocycles. The second-order valence-corrected chi connectivity index (χ2v) is 5.09. The summed E-state index contributed by atoms with van der Waals surface area (Å²) in [5.41, 5.74) is -1.34. The van der Waals surface area contributed by atoms with E-state index in [0.717, 1.165) is 0 Å². The van der Waals surface area contributed by atoms with E-state index in [0.29, 0.717) is 13.2 Å². The molecule has 0 atom stereocenters. The molecule has 0 aromatic rings. The largest absolute Gasteiger partial charge is 0.480 e. The van der Waals surface area contributed by atoms with Crippen LogP contribution in [0.3, 0.4) is 0 Å². The van der Waals surface area contributed by atoms with Crippen LogP contribution in [0.25, 0.3) is 0 Å². The Labute approximate surface area is 125 Å². The van der Waals surface area contributed by atoms with Crippen LogP contribution in [0.15, 0.2) is 0 Å². The van der Waals surface area contributed by atoms with Crippen LogP contribution in [-0.2, 0) is 14.3 Å². The minimum atomic E-state index is -1.34. The van der Waals surface area contributed by atoms with Crippen LogP contribution in [0.5, 0.6) is 0 Å². The fourth-order valence-electron chi connectivity index (χ4n) is 1.72. The highest BCUT2D eigenvalue weighted by Gasteiger charge is 2.38. The van der Waals surface area contributed by atoms with Crippen molar-refractivity contribution in [3.05, 3.63) is 0 Å². The fraction of sp³-hybridized carbons (Fsp3) is 0.769. The van der Waals surface area contributed by atoms with Gasteiger partial charge in [0, 0.05) is 27.2 Å². The molecule has 0 aliphatic rings. The van der Waals surface area contributed by atoms with Crippen molar-refractivity contribution in [2.45, 2.75) is 26.3 Å². The van der Waals surface area contributed by atoms with E-state index in [2.05, 4.69) is 5.32 Å². The van der Waals surface area contributed by atoms with E-state index in [9.17, 15) is 19.5 Å². The molecule has 0 saturated carbocycles. The smallest absolute Gasteiger partial charge is 0.329 e. The normalized spacial score (nSPS) is 10.9. The number of hydrogen-bond acceptors (Lipinski definition) is 4. The standard InChI is InChI=1S/C13H25N3O5/c1-6-16(13(2,3)11(18)19)12(20)15(4)9-10(17)14-7-8-21-5/h6-9H2,1-5H3,(H,14,17)(H,18,19). The molecule has 122 valence electrons. The Morgan fingerprint density at radius 2 is 1.86 bits per heavy atom. The van der Waals surface area contributed by atoms with Crippen molar-refractivity contribution in [3.63, 3.8) is 0 Å². The van der Waals surface area contributed by atoms with Crippen molar-refractivity contribution >= 4 is 17.9 Å². The molecule has 2 N–H and O–H groups in total. The molecular weight excluding hydrogens is 278 g/mol. The maximum atomic E-state index is 12.3. The second-order valence-electron chi connectivity index (χ2n) is 5.09. The van der Waals surface area contributed by atoms with Crippen molar-refractivity contribution in [2.24, 2.45) is 0 Å². The Morgan fingerprint density at radius 3 is 2.29 bits per heavy atom. The lowest BCUT2D eigenvalue weighted by atomic mass is 10.0. The number of carboxylic acids is 1. The topological polar surface area (TPSA) is 99.2 Å². The van der Waals surface area contributed by atoms with Gasteiger partial charge in [-0.15, -0.1) is 0 Å². The van der Waals surface area contributed by atoms with Gasteiger partial charge in [0.25, 0.3) is 0 Å². The van der Waals surface area contributed by atoms with Gasteiger partial charge < -0.3 is 25.0 Å². The molecule has 21 heavy (non-hydrogen) atoms. The van der Waals surface area contributed by atoms with Gasteiger partial charge in [0.05, 0.1) is 6.61 Å². The van der Waals surface area contributed by atoms with Gasteiger partial charge in [-0.05, 0) is 20.8 Å². The lowest BCUT2D eigenvalue weighted by molar-refractivity contribution is -0.147. The number of urea groups is 1. The quantitative estimate of drug-likeness (QED) is 0.614.